The zero-order valence-electron chi connectivity index (χ0n) is 13.3. The summed E-state index contributed by atoms with van der Waals surface area (Å²) in [4.78, 5) is 32.1. The van der Waals surface area contributed by atoms with Crippen LogP contribution >= 0.6 is 11.8 Å². The highest BCUT2D eigenvalue weighted by atomic mass is 32.2. The van der Waals surface area contributed by atoms with Gasteiger partial charge in [0, 0.05) is 41.8 Å². The van der Waals surface area contributed by atoms with Crippen LogP contribution in [0.1, 0.15) is 23.8 Å². The third-order valence-electron chi connectivity index (χ3n) is 4.02. The number of hydrogen-bond acceptors (Lipinski definition) is 5. The lowest BCUT2D eigenvalue weighted by atomic mass is 10.2. The van der Waals surface area contributed by atoms with Crippen molar-refractivity contribution >= 4 is 23.4 Å². The Morgan fingerprint density at radius 3 is 3.12 bits per heavy atom. The number of aromatic amines is 1. The van der Waals surface area contributed by atoms with Crippen LogP contribution in [-0.4, -0.2) is 49.8 Å². The predicted molar refractivity (Wildman–Crippen MR) is 93.1 cm³/mol. The zero-order chi connectivity index (χ0) is 17.1. The topological polar surface area (TPSA) is 92.1 Å². The second-order valence-electron chi connectivity index (χ2n) is 5.61. The molecule has 8 heteroatoms. The number of thioether (sulfide) groups is 1. The van der Waals surface area contributed by atoms with Crippen LogP contribution in [0.5, 0.6) is 0 Å². The number of nitro groups is 1. The molecule has 1 aromatic heterocycles. The van der Waals surface area contributed by atoms with Crippen LogP contribution in [0, 0.1) is 10.1 Å². The first-order chi connectivity index (χ1) is 11.6. The molecule has 1 atom stereocenters. The van der Waals surface area contributed by atoms with Crippen LogP contribution in [0.4, 0.5) is 5.69 Å². The summed E-state index contributed by atoms with van der Waals surface area (Å²) < 4.78 is 0. The molecule has 1 amide bonds. The molecular formula is C16H18N4O3S. The van der Waals surface area contributed by atoms with Crippen molar-refractivity contribution in [2.45, 2.75) is 18.6 Å². The molecule has 1 aliphatic heterocycles. The first kappa shape index (κ1) is 16.5. The van der Waals surface area contributed by atoms with Crippen LogP contribution in [0.2, 0.25) is 0 Å². The number of carbonyl (C=O) groups is 1. The summed E-state index contributed by atoms with van der Waals surface area (Å²) in [5, 5.41) is 11.3. The van der Waals surface area contributed by atoms with Gasteiger partial charge in [-0.25, -0.2) is 4.98 Å². The van der Waals surface area contributed by atoms with Crippen LogP contribution in [0.25, 0.3) is 11.4 Å². The SMILES string of the molecule is CC[C@H]1CN(C(=O)c2cnc(-c3cccc([N+](=O)[O-])c3)[nH]2)CCS1. The highest BCUT2D eigenvalue weighted by Crippen LogP contribution is 2.24. The van der Waals surface area contributed by atoms with Crippen molar-refractivity contribution in [3.05, 3.63) is 46.3 Å². The second kappa shape index (κ2) is 7.04. The molecule has 24 heavy (non-hydrogen) atoms. The lowest BCUT2D eigenvalue weighted by molar-refractivity contribution is -0.384. The van der Waals surface area contributed by atoms with Crippen molar-refractivity contribution < 1.29 is 9.72 Å². The fraction of sp³-hybridized carbons (Fsp3) is 0.375. The van der Waals surface area contributed by atoms with E-state index < -0.39 is 4.92 Å². The van der Waals surface area contributed by atoms with E-state index in [1.165, 1.54) is 18.3 Å². The van der Waals surface area contributed by atoms with Crippen LogP contribution < -0.4 is 0 Å². The molecule has 1 N–H and O–H groups in total. The standard InChI is InChI=1S/C16H18N4O3S/c1-2-13-10-19(6-7-24-13)16(21)14-9-17-15(18-14)11-4-3-5-12(8-11)20(22)23/h3-5,8-9,13H,2,6-7,10H2,1H3,(H,17,18)/t13-/m0/s1. The second-order valence-corrected chi connectivity index (χ2v) is 7.01. The van der Waals surface area contributed by atoms with Gasteiger partial charge in [-0.05, 0) is 6.42 Å². The molecule has 2 heterocycles. The van der Waals surface area contributed by atoms with Gasteiger partial charge in [-0.1, -0.05) is 19.1 Å². The lowest BCUT2D eigenvalue weighted by Crippen LogP contribution is -2.41. The Morgan fingerprint density at radius 2 is 2.38 bits per heavy atom. The predicted octanol–water partition coefficient (Wildman–Crippen LogP) is 2.95. The molecule has 0 radical (unpaired) electrons. The number of nitrogens with zero attached hydrogens (tertiary/aromatic N) is 3. The van der Waals surface area contributed by atoms with Crippen molar-refractivity contribution in [1.29, 1.82) is 0 Å². The summed E-state index contributed by atoms with van der Waals surface area (Å²) in [7, 11) is 0. The smallest absolute Gasteiger partial charge is 0.271 e. The normalized spacial score (nSPS) is 17.7. The van der Waals surface area contributed by atoms with Gasteiger partial charge in [0.2, 0.25) is 0 Å². The number of rotatable bonds is 4. The maximum absolute atomic E-state index is 12.6. The van der Waals surface area contributed by atoms with Gasteiger partial charge >= 0.3 is 0 Å². The van der Waals surface area contributed by atoms with E-state index in [4.69, 9.17) is 0 Å². The molecule has 3 rings (SSSR count). The van der Waals surface area contributed by atoms with Crippen LogP contribution in [0.15, 0.2) is 30.5 Å². The van der Waals surface area contributed by atoms with E-state index in [9.17, 15) is 14.9 Å². The average molecular weight is 346 g/mol. The van der Waals surface area contributed by atoms with Crippen LogP contribution in [0.3, 0.4) is 0 Å². The third kappa shape index (κ3) is 3.43. The van der Waals surface area contributed by atoms with E-state index in [2.05, 4.69) is 16.9 Å². The molecule has 2 aromatic rings. The van der Waals surface area contributed by atoms with Gasteiger partial charge in [0.1, 0.15) is 11.5 Å². The molecule has 7 nitrogen and oxygen atoms in total. The summed E-state index contributed by atoms with van der Waals surface area (Å²) in [6, 6.07) is 6.20. The van der Waals surface area contributed by atoms with E-state index in [1.807, 2.05) is 16.7 Å². The van der Waals surface area contributed by atoms with Gasteiger partial charge in [0.05, 0.1) is 11.1 Å². The Morgan fingerprint density at radius 1 is 1.54 bits per heavy atom. The van der Waals surface area contributed by atoms with E-state index in [1.54, 1.807) is 12.1 Å². The Balaban J connectivity index is 1.79. The van der Waals surface area contributed by atoms with Crippen molar-refractivity contribution in [3.8, 4) is 11.4 Å². The number of hydrogen-bond donors (Lipinski definition) is 1. The minimum Gasteiger partial charge on any atom is -0.335 e. The molecule has 0 spiro atoms. The van der Waals surface area contributed by atoms with Gasteiger partial charge in [0.15, 0.2) is 0 Å². The number of carbonyl (C=O) groups excluding carboxylic acids is 1. The van der Waals surface area contributed by atoms with E-state index in [0.717, 1.165) is 25.3 Å². The molecule has 0 unspecified atom stereocenters. The summed E-state index contributed by atoms with van der Waals surface area (Å²) in [5.74, 6) is 1.33. The number of benzene rings is 1. The highest BCUT2D eigenvalue weighted by Gasteiger charge is 2.25. The first-order valence-electron chi connectivity index (χ1n) is 7.79. The largest absolute Gasteiger partial charge is 0.335 e. The monoisotopic (exact) mass is 346 g/mol. The molecule has 1 aromatic carbocycles. The average Bonchev–Trinajstić information content (AvgIpc) is 3.11. The number of nitro benzene ring substituents is 1. The molecular weight excluding hydrogens is 328 g/mol. The quantitative estimate of drug-likeness (QED) is 0.679. The Labute approximate surface area is 143 Å². The van der Waals surface area contributed by atoms with Gasteiger partial charge in [-0.3, -0.25) is 14.9 Å². The van der Waals surface area contributed by atoms with Gasteiger partial charge in [-0.2, -0.15) is 11.8 Å². The van der Waals surface area contributed by atoms with Crippen molar-refractivity contribution in [2.24, 2.45) is 0 Å². The van der Waals surface area contributed by atoms with Crippen molar-refractivity contribution in [1.82, 2.24) is 14.9 Å². The number of H-pyrrole nitrogens is 1. The fourth-order valence-corrected chi connectivity index (χ4v) is 3.84. The van der Waals surface area contributed by atoms with Crippen LogP contribution in [-0.2, 0) is 0 Å². The van der Waals surface area contributed by atoms with E-state index in [-0.39, 0.29) is 11.6 Å². The molecule has 126 valence electrons. The minimum absolute atomic E-state index is 0.00406. The molecule has 1 saturated heterocycles. The van der Waals surface area contributed by atoms with Crippen molar-refractivity contribution in [2.75, 3.05) is 18.8 Å². The Hall–Kier alpha value is -2.35. The van der Waals surface area contributed by atoms with Crippen molar-refractivity contribution in [3.63, 3.8) is 0 Å². The highest BCUT2D eigenvalue weighted by molar-refractivity contribution is 8.00. The summed E-state index contributed by atoms with van der Waals surface area (Å²) in [6.45, 7) is 3.60. The number of aromatic nitrogens is 2. The molecule has 0 saturated carbocycles. The number of nitrogens with one attached hydrogen (secondary N) is 1. The molecule has 1 fully saturated rings. The zero-order valence-corrected chi connectivity index (χ0v) is 14.1. The fourth-order valence-electron chi connectivity index (χ4n) is 2.66. The van der Waals surface area contributed by atoms with Gasteiger partial charge < -0.3 is 9.88 Å². The van der Waals surface area contributed by atoms with Gasteiger partial charge in [-0.15, -0.1) is 0 Å². The maximum Gasteiger partial charge on any atom is 0.271 e. The summed E-state index contributed by atoms with van der Waals surface area (Å²) in [5.41, 5.74) is 0.998. The number of imidazole rings is 1. The van der Waals surface area contributed by atoms with E-state index >= 15 is 0 Å². The number of non-ortho nitro benzene ring substituents is 1. The third-order valence-corrected chi connectivity index (χ3v) is 5.39. The van der Waals surface area contributed by atoms with Gasteiger partial charge in [0.25, 0.3) is 11.6 Å². The van der Waals surface area contributed by atoms with E-state index in [0.29, 0.717) is 22.3 Å². The summed E-state index contributed by atoms with van der Waals surface area (Å²) >= 11 is 1.90. The number of amides is 1. The minimum atomic E-state index is -0.450. The first-order valence-corrected chi connectivity index (χ1v) is 8.84. The lowest BCUT2D eigenvalue weighted by Gasteiger charge is -2.31. The molecule has 1 aliphatic rings. The summed E-state index contributed by atoms with van der Waals surface area (Å²) in [6.07, 6.45) is 2.54. The Kier molecular flexibility index (Phi) is 4.84. The Bertz CT molecular complexity index is 761. The molecule has 0 aliphatic carbocycles. The molecule has 0 bridgehead atoms. The maximum atomic E-state index is 12.6.